The van der Waals surface area contributed by atoms with E-state index in [4.69, 9.17) is 11.6 Å². The summed E-state index contributed by atoms with van der Waals surface area (Å²) in [5.41, 5.74) is 4.29. The topological polar surface area (TPSA) is 33.4 Å². The molecule has 0 unspecified atom stereocenters. The molecule has 1 aromatic heterocycles. The summed E-state index contributed by atoms with van der Waals surface area (Å²) in [5.74, 6) is 0. The zero-order valence-electron chi connectivity index (χ0n) is 13.8. The van der Waals surface area contributed by atoms with Crippen LogP contribution in [0.5, 0.6) is 0 Å². The molecule has 0 amide bonds. The first-order valence-electron chi connectivity index (χ1n) is 8.21. The van der Waals surface area contributed by atoms with Crippen LogP contribution in [0, 0.1) is 13.8 Å². The van der Waals surface area contributed by atoms with Crippen molar-refractivity contribution in [1.82, 2.24) is 14.8 Å². The molecule has 0 radical (unpaired) electrons. The molecule has 1 aromatic carbocycles. The summed E-state index contributed by atoms with van der Waals surface area (Å²) in [6.07, 6.45) is 5.61. The van der Waals surface area contributed by atoms with Gasteiger partial charge >= 0.3 is 0 Å². The fraction of sp³-hybridized carbons (Fsp3) is 0.444. The van der Waals surface area contributed by atoms with E-state index in [-0.39, 0.29) is 0 Å². The van der Waals surface area contributed by atoms with Crippen molar-refractivity contribution < 1.29 is 0 Å². The van der Waals surface area contributed by atoms with Crippen molar-refractivity contribution in [3.8, 4) is 0 Å². The Morgan fingerprint density at radius 2 is 1.83 bits per heavy atom. The molecule has 2 heterocycles. The third-order valence-electron chi connectivity index (χ3n) is 4.24. The van der Waals surface area contributed by atoms with Crippen LogP contribution in [0.3, 0.4) is 0 Å². The van der Waals surface area contributed by atoms with Crippen LogP contribution in [0.25, 0.3) is 0 Å². The van der Waals surface area contributed by atoms with Gasteiger partial charge in [0.1, 0.15) is 5.15 Å². The van der Waals surface area contributed by atoms with Crippen LogP contribution in [0.1, 0.15) is 41.6 Å². The molecule has 0 atom stereocenters. The highest BCUT2D eigenvalue weighted by atomic mass is 35.5. The number of hydrogen-bond acceptors (Lipinski definition) is 3. The fourth-order valence-electron chi connectivity index (χ4n) is 2.82. The first-order chi connectivity index (χ1) is 11.1. The maximum atomic E-state index is 6.52. The van der Waals surface area contributed by atoms with E-state index in [1.165, 1.54) is 30.4 Å². The lowest BCUT2D eigenvalue weighted by molar-refractivity contribution is 0.240. The molecule has 0 N–H and O–H groups in total. The van der Waals surface area contributed by atoms with Gasteiger partial charge in [-0.25, -0.2) is 4.68 Å². The molecule has 5 heteroatoms. The molecule has 0 bridgehead atoms. The molecule has 1 aliphatic rings. The minimum Gasteiger partial charge on any atom is -0.297 e. The lowest BCUT2D eigenvalue weighted by Gasteiger charge is -2.23. The van der Waals surface area contributed by atoms with E-state index < -0.39 is 0 Å². The Morgan fingerprint density at radius 1 is 1.13 bits per heavy atom. The molecule has 4 nitrogen and oxygen atoms in total. The highest BCUT2D eigenvalue weighted by Gasteiger charge is 2.13. The van der Waals surface area contributed by atoms with Crippen LogP contribution < -0.4 is 0 Å². The predicted octanol–water partition coefficient (Wildman–Crippen LogP) is 4.02. The zero-order chi connectivity index (χ0) is 16.2. The molecule has 1 aliphatic heterocycles. The van der Waals surface area contributed by atoms with Gasteiger partial charge in [-0.15, -0.1) is 0 Å². The monoisotopic (exact) mass is 330 g/mol. The normalized spacial score (nSPS) is 15.5. The Kier molecular flexibility index (Phi) is 5.01. The summed E-state index contributed by atoms with van der Waals surface area (Å²) in [5, 5.41) is 11.9. The average Bonchev–Trinajstić information content (AvgIpc) is 2.82. The number of hydrazone groups is 1. The van der Waals surface area contributed by atoms with Crippen LogP contribution in [0.4, 0.5) is 0 Å². The van der Waals surface area contributed by atoms with E-state index in [1.807, 2.05) is 17.8 Å². The second kappa shape index (κ2) is 7.18. The number of piperidine rings is 1. The summed E-state index contributed by atoms with van der Waals surface area (Å²) in [6, 6.07) is 8.45. The molecule has 122 valence electrons. The van der Waals surface area contributed by atoms with Crippen LogP contribution in [-0.4, -0.2) is 34.1 Å². The van der Waals surface area contributed by atoms with Gasteiger partial charge in [-0.2, -0.15) is 10.2 Å². The summed E-state index contributed by atoms with van der Waals surface area (Å²) in [4.78, 5) is 0. The third-order valence-corrected chi connectivity index (χ3v) is 4.64. The molecule has 0 aliphatic carbocycles. The maximum absolute atomic E-state index is 6.52. The summed E-state index contributed by atoms with van der Waals surface area (Å²) >= 11 is 6.52. The summed E-state index contributed by atoms with van der Waals surface area (Å²) < 4.78 is 1.85. The molecule has 3 rings (SSSR count). The summed E-state index contributed by atoms with van der Waals surface area (Å²) in [7, 11) is 0. The number of nitrogens with zero attached hydrogens (tertiary/aromatic N) is 4. The Balaban J connectivity index is 1.75. The number of hydrogen-bond donors (Lipinski definition) is 0. The van der Waals surface area contributed by atoms with Gasteiger partial charge in [0, 0.05) is 13.1 Å². The smallest absolute Gasteiger partial charge is 0.136 e. The molecule has 0 saturated carbocycles. The van der Waals surface area contributed by atoms with Crippen molar-refractivity contribution in [2.75, 3.05) is 13.1 Å². The largest absolute Gasteiger partial charge is 0.297 e. The van der Waals surface area contributed by atoms with Gasteiger partial charge in [0.15, 0.2) is 0 Å². The first-order valence-corrected chi connectivity index (χ1v) is 8.58. The molecule has 23 heavy (non-hydrogen) atoms. The Bertz CT molecular complexity index is 682. The van der Waals surface area contributed by atoms with Crippen LogP contribution in [0.15, 0.2) is 29.4 Å². The van der Waals surface area contributed by atoms with Gasteiger partial charge in [-0.05, 0) is 38.7 Å². The average molecular weight is 331 g/mol. The number of halogens is 1. The zero-order valence-corrected chi connectivity index (χ0v) is 14.6. The molecule has 1 fully saturated rings. The van der Waals surface area contributed by atoms with E-state index in [2.05, 4.69) is 46.4 Å². The predicted molar refractivity (Wildman–Crippen MR) is 95.3 cm³/mol. The van der Waals surface area contributed by atoms with E-state index in [1.54, 1.807) is 0 Å². The van der Waals surface area contributed by atoms with Gasteiger partial charge in [-0.1, -0.05) is 41.4 Å². The van der Waals surface area contributed by atoms with Crippen molar-refractivity contribution in [2.24, 2.45) is 5.10 Å². The fourth-order valence-corrected chi connectivity index (χ4v) is 3.10. The van der Waals surface area contributed by atoms with E-state index in [0.717, 1.165) is 24.3 Å². The minimum absolute atomic E-state index is 0.656. The van der Waals surface area contributed by atoms with Crippen molar-refractivity contribution in [3.05, 3.63) is 51.8 Å². The molecule has 2 aromatic rings. The van der Waals surface area contributed by atoms with Gasteiger partial charge in [0.05, 0.1) is 24.0 Å². The Morgan fingerprint density at radius 3 is 2.52 bits per heavy atom. The first kappa shape index (κ1) is 16.1. The lowest BCUT2D eigenvalue weighted by Crippen LogP contribution is -2.24. The third kappa shape index (κ3) is 3.94. The number of aryl methyl sites for hydroxylation is 2. The van der Waals surface area contributed by atoms with E-state index >= 15 is 0 Å². The molecular weight excluding hydrogens is 308 g/mol. The van der Waals surface area contributed by atoms with Crippen molar-refractivity contribution in [1.29, 1.82) is 0 Å². The number of benzene rings is 1. The van der Waals surface area contributed by atoms with E-state index in [0.29, 0.717) is 11.7 Å². The summed E-state index contributed by atoms with van der Waals surface area (Å²) in [6.45, 7) is 6.81. The van der Waals surface area contributed by atoms with Crippen molar-refractivity contribution in [2.45, 2.75) is 39.7 Å². The molecule has 1 saturated heterocycles. The van der Waals surface area contributed by atoms with Crippen molar-refractivity contribution >= 4 is 17.8 Å². The van der Waals surface area contributed by atoms with Crippen LogP contribution in [0.2, 0.25) is 5.15 Å². The quantitative estimate of drug-likeness (QED) is 0.793. The molecule has 0 spiro atoms. The SMILES string of the molecule is Cc1ccc(Cn2nc(C)c(C=NN3CCCCC3)c2Cl)cc1. The van der Waals surface area contributed by atoms with Gasteiger partial charge in [0.25, 0.3) is 0 Å². The second-order valence-corrected chi connectivity index (χ2v) is 6.55. The highest BCUT2D eigenvalue weighted by molar-refractivity contribution is 6.32. The Hall–Kier alpha value is -1.81. The van der Waals surface area contributed by atoms with Crippen LogP contribution in [-0.2, 0) is 6.54 Å². The second-order valence-electron chi connectivity index (χ2n) is 6.19. The van der Waals surface area contributed by atoms with Gasteiger partial charge in [0.2, 0.25) is 0 Å². The minimum atomic E-state index is 0.656. The van der Waals surface area contributed by atoms with E-state index in [9.17, 15) is 0 Å². The highest BCUT2D eigenvalue weighted by Crippen LogP contribution is 2.20. The van der Waals surface area contributed by atoms with Crippen molar-refractivity contribution in [3.63, 3.8) is 0 Å². The number of aromatic nitrogens is 2. The Labute approximate surface area is 142 Å². The standard InChI is InChI=1S/C18H23ClN4/c1-14-6-8-16(9-7-14)13-23-18(19)17(15(2)21-23)12-20-22-10-4-3-5-11-22/h6-9,12H,3-5,10-11,13H2,1-2H3. The van der Waals surface area contributed by atoms with Gasteiger partial charge < -0.3 is 0 Å². The number of rotatable bonds is 4. The van der Waals surface area contributed by atoms with Crippen LogP contribution >= 0.6 is 11.6 Å². The maximum Gasteiger partial charge on any atom is 0.136 e. The lowest BCUT2D eigenvalue weighted by atomic mass is 10.1. The molecular formula is C18H23ClN4. The van der Waals surface area contributed by atoms with Gasteiger partial charge in [-0.3, -0.25) is 5.01 Å².